The molecule has 0 aliphatic carbocycles. The summed E-state index contributed by atoms with van der Waals surface area (Å²) < 4.78 is 2.09. The second-order valence-electron chi connectivity index (χ2n) is 4.52. The highest BCUT2D eigenvalue weighted by Gasteiger charge is 2.12. The van der Waals surface area contributed by atoms with E-state index in [2.05, 4.69) is 35.6 Å². The first-order chi connectivity index (χ1) is 7.69. The Kier molecular flexibility index (Phi) is 5.53. The van der Waals surface area contributed by atoms with Crippen LogP contribution in [0.1, 0.15) is 39.4 Å². The monoisotopic (exact) mass is 223 g/mol. The SMILES string of the molecule is CCC(CC)C(C)NCCc1nccn1C. The summed E-state index contributed by atoms with van der Waals surface area (Å²) in [6, 6.07) is 0.607. The highest BCUT2D eigenvalue weighted by molar-refractivity contribution is 4.91. The van der Waals surface area contributed by atoms with Gasteiger partial charge in [-0.25, -0.2) is 4.98 Å². The van der Waals surface area contributed by atoms with E-state index in [9.17, 15) is 0 Å². The summed E-state index contributed by atoms with van der Waals surface area (Å²) in [5.41, 5.74) is 0. The minimum atomic E-state index is 0.607. The van der Waals surface area contributed by atoms with Crippen molar-refractivity contribution in [2.45, 2.75) is 46.1 Å². The summed E-state index contributed by atoms with van der Waals surface area (Å²) in [7, 11) is 2.05. The second-order valence-corrected chi connectivity index (χ2v) is 4.52. The molecule has 0 bridgehead atoms. The molecule has 0 spiro atoms. The lowest BCUT2D eigenvalue weighted by Crippen LogP contribution is -2.34. The molecule has 0 amide bonds. The molecule has 1 heterocycles. The highest BCUT2D eigenvalue weighted by atomic mass is 15.0. The maximum absolute atomic E-state index is 4.32. The zero-order valence-electron chi connectivity index (χ0n) is 11.0. The van der Waals surface area contributed by atoms with Crippen LogP contribution < -0.4 is 5.32 Å². The quantitative estimate of drug-likeness (QED) is 0.769. The fraction of sp³-hybridized carbons (Fsp3) is 0.769. The Labute approximate surface area is 99.3 Å². The van der Waals surface area contributed by atoms with Gasteiger partial charge in [-0.1, -0.05) is 26.7 Å². The third kappa shape index (κ3) is 3.63. The van der Waals surface area contributed by atoms with Crippen LogP contribution >= 0.6 is 0 Å². The Bertz CT molecular complexity index is 289. The summed E-state index contributed by atoms with van der Waals surface area (Å²) >= 11 is 0. The van der Waals surface area contributed by atoms with Gasteiger partial charge >= 0.3 is 0 Å². The van der Waals surface area contributed by atoms with Crippen molar-refractivity contribution in [1.82, 2.24) is 14.9 Å². The van der Waals surface area contributed by atoms with Crippen LogP contribution in [0.5, 0.6) is 0 Å². The fourth-order valence-electron chi connectivity index (χ4n) is 2.21. The lowest BCUT2D eigenvalue weighted by molar-refractivity contribution is 0.355. The first kappa shape index (κ1) is 13.2. The van der Waals surface area contributed by atoms with Gasteiger partial charge in [0.05, 0.1) is 0 Å². The zero-order chi connectivity index (χ0) is 12.0. The highest BCUT2D eigenvalue weighted by Crippen LogP contribution is 2.12. The topological polar surface area (TPSA) is 29.9 Å². The van der Waals surface area contributed by atoms with Crippen LogP contribution in [0.15, 0.2) is 12.4 Å². The van der Waals surface area contributed by atoms with Gasteiger partial charge in [0.25, 0.3) is 0 Å². The minimum Gasteiger partial charge on any atom is -0.338 e. The number of aryl methyl sites for hydroxylation is 1. The number of rotatable bonds is 7. The second kappa shape index (κ2) is 6.69. The molecule has 16 heavy (non-hydrogen) atoms. The van der Waals surface area contributed by atoms with Crippen LogP contribution in [0.25, 0.3) is 0 Å². The van der Waals surface area contributed by atoms with Crippen LogP contribution in [0.3, 0.4) is 0 Å². The van der Waals surface area contributed by atoms with E-state index in [1.165, 1.54) is 12.8 Å². The van der Waals surface area contributed by atoms with Crippen LogP contribution in [0.4, 0.5) is 0 Å². The smallest absolute Gasteiger partial charge is 0.109 e. The zero-order valence-corrected chi connectivity index (χ0v) is 11.0. The molecule has 1 rings (SSSR count). The summed E-state index contributed by atoms with van der Waals surface area (Å²) in [6.07, 6.45) is 7.38. The molecule has 0 fully saturated rings. The van der Waals surface area contributed by atoms with E-state index in [1.807, 2.05) is 19.4 Å². The van der Waals surface area contributed by atoms with Crippen molar-refractivity contribution in [3.63, 3.8) is 0 Å². The average Bonchev–Trinajstić information content (AvgIpc) is 2.66. The van der Waals surface area contributed by atoms with Crippen molar-refractivity contribution in [2.75, 3.05) is 6.54 Å². The molecule has 1 unspecified atom stereocenters. The molecular formula is C13H25N3. The molecule has 0 radical (unpaired) electrons. The van der Waals surface area contributed by atoms with E-state index >= 15 is 0 Å². The Balaban J connectivity index is 2.27. The van der Waals surface area contributed by atoms with Gasteiger partial charge in [-0.15, -0.1) is 0 Å². The lowest BCUT2D eigenvalue weighted by atomic mass is 9.95. The van der Waals surface area contributed by atoms with Crippen molar-refractivity contribution in [3.8, 4) is 0 Å². The molecule has 3 heteroatoms. The van der Waals surface area contributed by atoms with Gasteiger partial charge in [-0.3, -0.25) is 0 Å². The van der Waals surface area contributed by atoms with Crippen molar-refractivity contribution < 1.29 is 0 Å². The van der Waals surface area contributed by atoms with Gasteiger partial charge in [0.1, 0.15) is 5.82 Å². The third-order valence-electron chi connectivity index (χ3n) is 3.49. The molecule has 0 saturated heterocycles. The maximum Gasteiger partial charge on any atom is 0.109 e. The van der Waals surface area contributed by atoms with Crippen LogP contribution in [0, 0.1) is 5.92 Å². The number of nitrogens with one attached hydrogen (secondary N) is 1. The first-order valence-electron chi connectivity index (χ1n) is 6.38. The largest absolute Gasteiger partial charge is 0.338 e. The molecule has 0 saturated carbocycles. The van der Waals surface area contributed by atoms with Gasteiger partial charge in [-0.05, 0) is 12.8 Å². The first-order valence-corrected chi connectivity index (χ1v) is 6.38. The van der Waals surface area contributed by atoms with Crippen molar-refractivity contribution >= 4 is 0 Å². The Morgan fingerprint density at radius 1 is 1.38 bits per heavy atom. The number of hydrogen-bond donors (Lipinski definition) is 1. The molecule has 1 N–H and O–H groups in total. The van der Waals surface area contributed by atoms with E-state index in [4.69, 9.17) is 0 Å². The van der Waals surface area contributed by atoms with E-state index in [1.54, 1.807) is 0 Å². The van der Waals surface area contributed by atoms with Gasteiger partial charge < -0.3 is 9.88 Å². The lowest BCUT2D eigenvalue weighted by Gasteiger charge is -2.22. The molecule has 1 aromatic rings. The number of imidazole rings is 1. The molecule has 92 valence electrons. The molecule has 0 aliphatic heterocycles. The van der Waals surface area contributed by atoms with E-state index in [0.717, 1.165) is 24.7 Å². The fourth-order valence-corrected chi connectivity index (χ4v) is 2.21. The van der Waals surface area contributed by atoms with E-state index in [-0.39, 0.29) is 0 Å². The summed E-state index contributed by atoms with van der Waals surface area (Å²) in [5, 5.41) is 3.60. The molecule has 3 nitrogen and oxygen atoms in total. The molecule has 0 aliphatic rings. The predicted molar refractivity (Wildman–Crippen MR) is 68.4 cm³/mol. The number of aromatic nitrogens is 2. The summed E-state index contributed by atoms with van der Waals surface area (Å²) in [4.78, 5) is 4.32. The minimum absolute atomic E-state index is 0.607. The van der Waals surface area contributed by atoms with Crippen LogP contribution in [-0.2, 0) is 13.5 Å². The van der Waals surface area contributed by atoms with Crippen LogP contribution in [0.2, 0.25) is 0 Å². The number of hydrogen-bond acceptors (Lipinski definition) is 2. The van der Waals surface area contributed by atoms with E-state index in [0.29, 0.717) is 6.04 Å². The molecular weight excluding hydrogens is 198 g/mol. The Hall–Kier alpha value is -0.830. The average molecular weight is 223 g/mol. The Morgan fingerprint density at radius 2 is 2.06 bits per heavy atom. The van der Waals surface area contributed by atoms with Gasteiger partial charge in [0.2, 0.25) is 0 Å². The Morgan fingerprint density at radius 3 is 2.56 bits per heavy atom. The standard InChI is InChI=1S/C13H25N3/c1-5-12(6-2)11(3)14-8-7-13-15-9-10-16(13)4/h9-12,14H,5-8H2,1-4H3. The maximum atomic E-state index is 4.32. The van der Waals surface area contributed by atoms with Gasteiger partial charge in [-0.2, -0.15) is 0 Å². The van der Waals surface area contributed by atoms with Crippen LogP contribution in [-0.4, -0.2) is 22.1 Å². The van der Waals surface area contributed by atoms with Crippen molar-refractivity contribution in [2.24, 2.45) is 13.0 Å². The number of nitrogens with zero attached hydrogens (tertiary/aromatic N) is 2. The van der Waals surface area contributed by atoms with Crippen molar-refractivity contribution in [3.05, 3.63) is 18.2 Å². The van der Waals surface area contributed by atoms with Crippen molar-refractivity contribution in [1.29, 1.82) is 0 Å². The molecule has 1 atom stereocenters. The predicted octanol–water partition coefficient (Wildman–Crippen LogP) is 2.38. The van der Waals surface area contributed by atoms with Gasteiger partial charge in [0, 0.05) is 38.4 Å². The van der Waals surface area contributed by atoms with Gasteiger partial charge in [0.15, 0.2) is 0 Å². The normalized spacial score (nSPS) is 13.3. The third-order valence-corrected chi connectivity index (χ3v) is 3.49. The summed E-state index contributed by atoms with van der Waals surface area (Å²) in [6.45, 7) is 7.84. The summed E-state index contributed by atoms with van der Waals surface area (Å²) in [5.74, 6) is 1.95. The molecule has 1 aromatic heterocycles. The van der Waals surface area contributed by atoms with E-state index < -0.39 is 0 Å². The molecule has 0 aromatic carbocycles.